The molecule has 1 aliphatic carbocycles. The molecule has 0 saturated carbocycles. The van der Waals surface area contributed by atoms with E-state index in [1.54, 1.807) is 30.4 Å². The number of unbranched alkanes of at least 4 members (excludes halogenated alkanes) is 1. The van der Waals surface area contributed by atoms with Crippen molar-refractivity contribution in [3.05, 3.63) is 133 Å². The summed E-state index contributed by atoms with van der Waals surface area (Å²) < 4.78 is 0. The van der Waals surface area contributed by atoms with Gasteiger partial charge in [-0.05, 0) is 19.8 Å². The second kappa shape index (κ2) is 21.8. The predicted molar refractivity (Wildman–Crippen MR) is 169 cm³/mol. The van der Waals surface area contributed by atoms with E-state index in [-0.39, 0.29) is 41.9 Å². The number of ketones is 1. The average Bonchev–Trinajstić information content (AvgIpc) is 3.27. The molecule has 6 heteroatoms. The van der Waals surface area contributed by atoms with Crippen LogP contribution in [0.3, 0.4) is 0 Å². The number of allylic oxidation sites excluding steroid dienone is 19. The third-order valence-corrected chi connectivity index (χ3v) is 6.18. The highest BCUT2D eigenvalue weighted by Gasteiger charge is 2.24. The summed E-state index contributed by atoms with van der Waals surface area (Å²) in [5, 5.41) is 33.0. The number of aliphatic hydroxyl groups excluding tert-OH is 3. The van der Waals surface area contributed by atoms with E-state index in [0.717, 1.165) is 12.8 Å². The Balaban J connectivity index is 2.29. The maximum absolute atomic E-state index is 11.8. The zero-order valence-electron chi connectivity index (χ0n) is 24.3. The Kier molecular flexibility index (Phi) is 18.6. The molecule has 220 valence electrons. The summed E-state index contributed by atoms with van der Waals surface area (Å²) in [6.45, 7) is 5.75. The van der Waals surface area contributed by atoms with E-state index in [0.29, 0.717) is 0 Å². The predicted octanol–water partition coefficient (Wildman–Crippen LogP) is 6.59. The van der Waals surface area contributed by atoms with Crippen molar-refractivity contribution in [2.24, 2.45) is 11.8 Å². The van der Waals surface area contributed by atoms with Crippen molar-refractivity contribution < 1.29 is 24.9 Å². The lowest BCUT2D eigenvalue weighted by Crippen LogP contribution is -2.32. The van der Waals surface area contributed by atoms with Crippen molar-refractivity contribution in [2.75, 3.05) is 0 Å². The van der Waals surface area contributed by atoms with Gasteiger partial charge in [0.2, 0.25) is 5.91 Å². The number of hydrogen-bond acceptors (Lipinski definition) is 5. The van der Waals surface area contributed by atoms with E-state index in [1.807, 2.05) is 106 Å². The minimum atomic E-state index is -0.741. The van der Waals surface area contributed by atoms with Gasteiger partial charge in [-0.2, -0.15) is 0 Å². The molecule has 0 aromatic carbocycles. The average molecular weight is 560 g/mol. The van der Waals surface area contributed by atoms with Gasteiger partial charge in [0.15, 0.2) is 5.78 Å². The summed E-state index contributed by atoms with van der Waals surface area (Å²) in [5.41, 5.74) is -0.00676. The molecule has 0 bridgehead atoms. The molecule has 0 fully saturated rings. The van der Waals surface area contributed by atoms with Crippen molar-refractivity contribution in [2.45, 2.75) is 58.7 Å². The minimum Gasteiger partial charge on any atom is -0.510 e. The fraction of sp³-hybridized carbons (Fsp3) is 0.314. The van der Waals surface area contributed by atoms with E-state index in [2.05, 4.69) is 5.32 Å². The van der Waals surface area contributed by atoms with Crippen molar-refractivity contribution in [3.63, 3.8) is 0 Å². The molecule has 0 aliphatic heterocycles. The van der Waals surface area contributed by atoms with E-state index >= 15 is 0 Å². The zero-order valence-corrected chi connectivity index (χ0v) is 24.3. The highest BCUT2D eigenvalue weighted by Crippen LogP contribution is 2.19. The third kappa shape index (κ3) is 16.0. The number of carbonyl (C=O) groups is 2. The van der Waals surface area contributed by atoms with Crippen LogP contribution in [0.4, 0.5) is 0 Å². The van der Waals surface area contributed by atoms with Crippen molar-refractivity contribution in [3.8, 4) is 0 Å². The second-order valence-electron chi connectivity index (χ2n) is 9.56. The van der Waals surface area contributed by atoms with Crippen molar-refractivity contribution >= 4 is 11.7 Å². The van der Waals surface area contributed by atoms with Gasteiger partial charge in [0.25, 0.3) is 0 Å². The zero-order chi connectivity index (χ0) is 30.3. The molecule has 1 aliphatic rings. The highest BCUT2D eigenvalue weighted by molar-refractivity contribution is 6.03. The SMILES string of the molecule is C/C=C/C=C/C=C/C=C/C=C/C(O)C(C)C(O)C(C)/C=C/CC/C=C/C=C/C=C/C=C/C(=O)NC1=C(O)CCC1=O. The monoisotopic (exact) mass is 559 g/mol. The topological polar surface area (TPSA) is 107 Å². The molecule has 1 amide bonds. The van der Waals surface area contributed by atoms with Crippen LogP contribution < -0.4 is 5.32 Å². The summed E-state index contributed by atoms with van der Waals surface area (Å²) in [5.74, 6) is -1.18. The van der Waals surface area contributed by atoms with Gasteiger partial charge in [-0.15, -0.1) is 0 Å². The summed E-state index contributed by atoms with van der Waals surface area (Å²) in [6, 6.07) is 0. The summed E-state index contributed by atoms with van der Waals surface area (Å²) in [4.78, 5) is 23.3. The molecule has 6 nitrogen and oxygen atoms in total. The van der Waals surface area contributed by atoms with Crippen LogP contribution in [0.25, 0.3) is 0 Å². The van der Waals surface area contributed by atoms with Gasteiger partial charge in [0.05, 0.1) is 12.2 Å². The molecule has 0 spiro atoms. The Morgan fingerprint density at radius 1 is 0.780 bits per heavy atom. The van der Waals surface area contributed by atoms with Crippen LogP contribution >= 0.6 is 0 Å². The highest BCUT2D eigenvalue weighted by atomic mass is 16.3. The first kappa shape index (κ1) is 35.0. The molecule has 0 aromatic heterocycles. The van der Waals surface area contributed by atoms with Crippen LogP contribution in [-0.4, -0.2) is 39.2 Å². The van der Waals surface area contributed by atoms with E-state index in [4.69, 9.17) is 0 Å². The molecule has 0 saturated heterocycles. The number of amides is 1. The molecule has 4 atom stereocenters. The number of hydrogen-bond donors (Lipinski definition) is 4. The van der Waals surface area contributed by atoms with Gasteiger partial charge in [-0.3, -0.25) is 9.59 Å². The van der Waals surface area contributed by atoms with Crippen LogP contribution in [0.15, 0.2) is 133 Å². The molecule has 1 rings (SSSR count). The lowest BCUT2D eigenvalue weighted by molar-refractivity contribution is -0.119. The van der Waals surface area contributed by atoms with Gasteiger partial charge in [0, 0.05) is 30.8 Å². The quantitative estimate of drug-likeness (QED) is 0.0696. The first-order valence-corrected chi connectivity index (χ1v) is 14.0. The van der Waals surface area contributed by atoms with Crippen LogP contribution in [-0.2, 0) is 9.59 Å². The molecule has 0 aromatic rings. The Morgan fingerprint density at radius 2 is 1.34 bits per heavy atom. The van der Waals surface area contributed by atoms with Crippen LogP contribution in [0.2, 0.25) is 0 Å². The molecule has 0 radical (unpaired) electrons. The molecular weight excluding hydrogens is 514 g/mol. The van der Waals surface area contributed by atoms with Crippen molar-refractivity contribution in [1.29, 1.82) is 0 Å². The number of rotatable bonds is 17. The summed E-state index contributed by atoms with van der Waals surface area (Å²) in [7, 11) is 0. The summed E-state index contributed by atoms with van der Waals surface area (Å²) >= 11 is 0. The smallest absolute Gasteiger partial charge is 0.248 e. The van der Waals surface area contributed by atoms with E-state index in [1.165, 1.54) is 6.08 Å². The standard InChI is InChI=1S/C35H45NO5/c1-4-5-6-7-8-11-15-18-21-24-30(37)29(3)35(41)28(2)23-20-17-14-12-9-10-13-16-19-22-25-33(40)36-34-31(38)26-27-32(34)39/h4-13,15-16,18-25,28-30,35,37-38,41H,14,17,26-27H2,1-3H3,(H,36,40)/b5-4+,7-6+,11-8+,12-9+,13-10+,18-15+,19-16+,23-20+,24-21+,25-22+. The first-order valence-electron chi connectivity index (χ1n) is 14.0. The molecule has 0 heterocycles. The first-order chi connectivity index (χ1) is 19.8. The lowest BCUT2D eigenvalue weighted by atomic mass is 9.88. The van der Waals surface area contributed by atoms with Gasteiger partial charge in [-0.1, -0.05) is 129 Å². The van der Waals surface area contributed by atoms with Crippen molar-refractivity contribution in [1.82, 2.24) is 5.32 Å². The minimum absolute atomic E-state index is 0.00676. The van der Waals surface area contributed by atoms with E-state index < -0.39 is 18.1 Å². The lowest BCUT2D eigenvalue weighted by Gasteiger charge is -2.25. The van der Waals surface area contributed by atoms with Crippen LogP contribution in [0.5, 0.6) is 0 Å². The normalized spacial score (nSPS) is 18.6. The largest absolute Gasteiger partial charge is 0.510 e. The number of carbonyl (C=O) groups excluding carboxylic acids is 2. The fourth-order valence-corrected chi connectivity index (χ4v) is 3.67. The van der Waals surface area contributed by atoms with Gasteiger partial charge >= 0.3 is 0 Å². The molecule has 4 N–H and O–H groups in total. The van der Waals surface area contributed by atoms with Gasteiger partial charge in [-0.25, -0.2) is 0 Å². The van der Waals surface area contributed by atoms with Crippen LogP contribution in [0.1, 0.15) is 46.5 Å². The Bertz CT molecular complexity index is 1140. The Morgan fingerprint density at radius 3 is 1.95 bits per heavy atom. The van der Waals surface area contributed by atoms with E-state index in [9.17, 15) is 24.9 Å². The Labute approximate surface area is 245 Å². The van der Waals surface area contributed by atoms with Gasteiger partial charge < -0.3 is 20.6 Å². The molecule has 41 heavy (non-hydrogen) atoms. The van der Waals surface area contributed by atoms with Crippen LogP contribution in [0, 0.1) is 11.8 Å². The molecular formula is C35H45NO5. The second-order valence-corrected chi connectivity index (χ2v) is 9.56. The number of aliphatic hydroxyl groups is 3. The number of nitrogens with one attached hydrogen (secondary N) is 1. The third-order valence-electron chi connectivity index (χ3n) is 6.18. The fourth-order valence-electron chi connectivity index (χ4n) is 3.67. The molecule has 4 unspecified atom stereocenters. The van der Waals surface area contributed by atoms with Gasteiger partial charge in [0.1, 0.15) is 11.5 Å². The maximum Gasteiger partial charge on any atom is 0.248 e. The maximum atomic E-state index is 11.8. The summed E-state index contributed by atoms with van der Waals surface area (Å²) in [6.07, 6.45) is 37.6. The Hall–Kier alpha value is -4.00. The number of Topliss-reactive ketones (excluding diaryl/α,β-unsaturated/α-hetero) is 1.